The fourth-order valence-corrected chi connectivity index (χ4v) is 1.61. The second kappa shape index (κ2) is 7.88. The van der Waals surface area contributed by atoms with E-state index in [0.29, 0.717) is 12.2 Å². The molecule has 0 aliphatic rings. The van der Waals surface area contributed by atoms with Crippen molar-refractivity contribution >= 4 is 17.9 Å². The average molecular weight is 297 g/mol. The Morgan fingerprint density at radius 2 is 2.10 bits per heavy atom. The number of aliphatic carboxylic acids is 1. The maximum atomic E-state index is 11.7. The summed E-state index contributed by atoms with van der Waals surface area (Å²) in [7, 11) is 0. The van der Waals surface area contributed by atoms with Crippen LogP contribution in [0, 0.1) is 0 Å². The molecule has 0 aromatic carbocycles. The molecule has 0 aliphatic heterocycles. The Morgan fingerprint density at radius 1 is 1.38 bits per heavy atom. The molecule has 9 heteroatoms. The third-order valence-electron chi connectivity index (χ3n) is 2.67. The summed E-state index contributed by atoms with van der Waals surface area (Å²) < 4.78 is 0. The van der Waals surface area contributed by atoms with Crippen LogP contribution in [0.2, 0.25) is 0 Å². The standard InChI is InChI=1S/C12H19N5O4/c1-3-14-10(18)7(2)16-12(21)17-9(11(19)20)4-8-5-13-6-15-8/h5-7,9H,3-4H2,1-2H3,(H,13,15)(H,14,18)(H,19,20)(H2,16,17,21)/t7?,9-/m1/s1. The van der Waals surface area contributed by atoms with Crippen molar-refractivity contribution in [3.05, 3.63) is 18.2 Å². The first-order valence-corrected chi connectivity index (χ1v) is 6.48. The second-order valence-electron chi connectivity index (χ2n) is 4.41. The van der Waals surface area contributed by atoms with Gasteiger partial charge in [-0.1, -0.05) is 0 Å². The van der Waals surface area contributed by atoms with Crippen LogP contribution < -0.4 is 16.0 Å². The van der Waals surface area contributed by atoms with Crippen molar-refractivity contribution in [3.8, 4) is 0 Å². The lowest BCUT2D eigenvalue weighted by Crippen LogP contribution is -2.52. The Morgan fingerprint density at radius 3 is 2.62 bits per heavy atom. The zero-order valence-electron chi connectivity index (χ0n) is 11.8. The van der Waals surface area contributed by atoms with E-state index in [9.17, 15) is 14.4 Å². The molecule has 9 nitrogen and oxygen atoms in total. The van der Waals surface area contributed by atoms with Crippen molar-refractivity contribution in [1.82, 2.24) is 25.9 Å². The maximum absolute atomic E-state index is 11.7. The molecule has 0 saturated heterocycles. The van der Waals surface area contributed by atoms with Gasteiger partial charge in [-0.25, -0.2) is 14.6 Å². The van der Waals surface area contributed by atoms with Crippen molar-refractivity contribution in [2.75, 3.05) is 6.54 Å². The third-order valence-corrected chi connectivity index (χ3v) is 2.67. The lowest BCUT2D eigenvalue weighted by Gasteiger charge is -2.17. The molecule has 5 N–H and O–H groups in total. The lowest BCUT2D eigenvalue weighted by molar-refractivity contribution is -0.139. The van der Waals surface area contributed by atoms with E-state index in [-0.39, 0.29) is 12.3 Å². The molecule has 3 amide bonds. The minimum atomic E-state index is -1.18. The van der Waals surface area contributed by atoms with E-state index in [1.165, 1.54) is 19.4 Å². The van der Waals surface area contributed by atoms with Crippen molar-refractivity contribution < 1.29 is 19.5 Å². The molecule has 0 bridgehead atoms. The predicted octanol–water partition coefficient (Wildman–Crippen LogP) is -0.771. The van der Waals surface area contributed by atoms with Crippen molar-refractivity contribution in [1.29, 1.82) is 0 Å². The molecular weight excluding hydrogens is 278 g/mol. The highest BCUT2D eigenvalue weighted by atomic mass is 16.4. The van der Waals surface area contributed by atoms with E-state index in [4.69, 9.17) is 5.11 Å². The first-order chi connectivity index (χ1) is 9.93. The number of H-pyrrole nitrogens is 1. The molecule has 1 rings (SSSR count). The summed E-state index contributed by atoms with van der Waals surface area (Å²) in [5.74, 6) is -1.52. The largest absolute Gasteiger partial charge is 0.480 e. The van der Waals surface area contributed by atoms with Crippen LogP contribution in [0.3, 0.4) is 0 Å². The number of carboxylic acids is 1. The van der Waals surface area contributed by atoms with Gasteiger partial charge in [0.15, 0.2) is 0 Å². The maximum Gasteiger partial charge on any atom is 0.326 e. The van der Waals surface area contributed by atoms with Crippen LogP contribution in [0.25, 0.3) is 0 Å². The molecule has 1 unspecified atom stereocenters. The number of carboxylic acid groups (broad SMARTS) is 1. The van der Waals surface area contributed by atoms with Gasteiger partial charge < -0.3 is 26.0 Å². The number of rotatable bonds is 7. The molecule has 0 fully saturated rings. The third kappa shape index (κ3) is 5.51. The normalized spacial score (nSPS) is 13.0. The molecule has 0 spiro atoms. The number of likely N-dealkylation sites (N-methyl/N-ethyl adjacent to an activating group) is 1. The number of aromatic amines is 1. The van der Waals surface area contributed by atoms with E-state index in [1.54, 1.807) is 6.92 Å². The summed E-state index contributed by atoms with van der Waals surface area (Å²) in [4.78, 5) is 40.8. The summed E-state index contributed by atoms with van der Waals surface area (Å²) in [5.41, 5.74) is 0.583. The number of amides is 3. The van der Waals surface area contributed by atoms with Gasteiger partial charge in [-0.05, 0) is 13.8 Å². The SMILES string of the molecule is CCNC(=O)C(C)NC(=O)N[C@H](Cc1cnc[nH]1)C(=O)O. The average Bonchev–Trinajstić information content (AvgIpc) is 2.90. The van der Waals surface area contributed by atoms with Crippen molar-refractivity contribution in [3.63, 3.8) is 0 Å². The summed E-state index contributed by atoms with van der Waals surface area (Å²) in [6, 6.07) is -2.60. The van der Waals surface area contributed by atoms with Crippen LogP contribution in [0.5, 0.6) is 0 Å². The lowest BCUT2D eigenvalue weighted by atomic mass is 10.1. The van der Waals surface area contributed by atoms with Gasteiger partial charge in [-0.15, -0.1) is 0 Å². The number of aromatic nitrogens is 2. The molecule has 0 radical (unpaired) electrons. The smallest absolute Gasteiger partial charge is 0.326 e. The number of hydrogen-bond donors (Lipinski definition) is 5. The van der Waals surface area contributed by atoms with Gasteiger partial charge in [-0.2, -0.15) is 0 Å². The Hall–Kier alpha value is -2.58. The van der Waals surface area contributed by atoms with Crippen LogP contribution >= 0.6 is 0 Å². The van der Waals surface area contributed by atoms with E-state index in [0.717, 1.165) is 0 Å². The minimum absolute atomic E-state index is 0.0677. The predicted molar refractivity (Wildman–Crippen MR) is 73.5 cm³/mol. The first-order valence-electron chi connectivity index (χ1n) is 6.48. The molecule has 0 aliphatic carbocycles. The number of hydrogen-bond acceptors (Lipinski definition) is 4. The van der Waals surface area contributed by atoms with Gasteiger partial charge in [0.1, 0.15) is 12.1 Å². The summed E-state index contributed by atoms with van der Waals surface area (Å²) in [6.07, 6.45) is 2.97. The summed E-state index contributed by atoms with van der Waals surface area (Å²) in [5, 5.41) is 16.3. The highest BCUT2D eigenvalue weighted by molar-refractivity contribution is 5.88. The van der Waals surface area contributed by atoms with E-state index in [2.05, 4.69) is 25.9 Å². The summed E-state index contributed by atoms with van der Waals surface area (Å²) in [6.45, 7) is 3.72. The fourth-order valence-electron chi connectivity index (χ4n) is 1.61. The van der Waals surface area contributed by atoms with Crippen LogP contribution in [-0.2, 0) is 16.0 Å². The van der Waals surface area contributed by atoms with E-state index >= 15 is 0 Å². The Bertz CT molecular complexity index is 488. The Balaban J connectivity index is 2.53. The number of carbonyl (C=O) groups excluding carboxylic acids is 2. The van der Waals surface area contributed by atoms with Crippen LogP contribution in [0.15, 0.2) is 12.5 Å². The number of urea groups is 1. The van der Waals surface area contributed by atoms with Gasteiger partial charge in [0.2, 0.25) is 5.91 Å². The van der Waals surface area contributed by atoms with Crippen molar-refractivity contribution in [2.45, 2.75) is 32.4 Å². The molecule has 21 heavy (non-hydrogen) atoms. The zero-order valence-corrected chi connectivity index (χ0v) is 11.8. The van der Waals surface area contributed by atoms with E-state index in [1.807, 2.05) is 0 Å². The van der Waals surface area contributed by atoms with Crippen LogP contribution in [0.4, 0.5) is 4.79 Å². The molecular formula is C12H19N5O4. The zero-order chi connectivity index (χ0) is 15.8. The number of nitrogens with one attached hydrogen (secondary N) is 4. The van der Waals surface area contributed by atoms with E-state index < -0.39 is 24.1 Å². The van der Waals surface area contributed by atoms with Crippen molar-refractivity contribution in [2.24, 2.45) is 0 Å². The van der Waals surface area contributed by atoms with Gasteiger partial charge in [0.25, 0.3) is 0 Å². The van der Waals surface area contributed by atoms with Crippen LogP contribution in [0.1, 0.15) is 19.5 Å². The molecule has 1 heterocycles. The highest BCUT2D eigenvalue weighted by Gasteiger charge is 2.22. The number of nitrogens with zero attached hydrogens (tertiary/aromatic N) is 1. The van der Waals surface area contributed by atoms with Crippen LogP contribution in [-0.4, -0.2) is 51.6 Å². The highest BCUT2D eigenvalue weighted by Crippen LogP contribution is 1.99. The van der Waals surface area contributed by atoms with Gasteiger partial charge in [0, 0.05) is 24.9 Å². The molecule has 2 atom stereocenters. The Kier molecular flexibility index (Phi) is 6.18. The minimum Gasteiger partial charge on any atom is -0.480 e. The van der Waals surface area contributed by atoms with Gasteiger partial charge in [0.05, 0.1) is 6.33 Å². The number of imidazole rings is 1. The quantitative estimate of drug-likeness (QED) is 0.450. The number of carbonyl (C=O) groups is 3. The molecule has 1 aromatic heterocycles. The molecule has 1 aromatic rings. The molecule has 116 valence electrons. The molecule has 0 saturated carbocycles. The summed E-state index contributed by atoms with van der Waals surface area (Å²) >= 11 is 0. The van der Waals surface area contributed by atoms with Gasteiger partial charge >= 0.3 is 12.0 Å². The second-order valence-corrected chi connectivity index (χ2v) is 4.41. The first kappa shape index (κ1) is 16.5. The fraction of sp³-hybridized carbons (Fsp3) is 0.500. The topological polar surface area (TPSA) is 136 Å². The van der Waals surface area contributed by atoms with Gasteiger partial charge in [-0.3, -0.25) is 4.79 Å². The monoisotopic (exact) mass is 297 g/mol. The Labute approximate surface area is 121 Å².